The zero-order chi connectivity index (χ0) is 19.0. The molecule has 0 N–H and O–H groups in total. The molecule has 6 heteroatoms. The molecule has 4 nitrogen and oxygen atoms in total. The van der Waals surface area contributed by atoms with Crippen LogP contribution in [0.3, 0.4) is 0 Å². The first-order chi connectivity index (χ1) is 13.0. The number of para-hydroxylation sites is 2. The van der Waals surface area contributed by atoms with Gasteiger partial charge in [0.15, 0.2) is 0 Å². The summed E-state index contributed by atoms with van der Waals surface area (Å²) in [5, 5.41) is 0.743. The molecule has 4 rings (SSSR count). The van der Waals surface area contributed by atoms with Crippen LogP contribution in [0.15, 0.2) is 48.5 Å². The molecule has 0 fully saturated rings. The third kappa shape index (κ3) is 3.23. The monoisotopic (exact) mass is 368 g/mol. The van der Waals surface area contributed by atoms with Crippen LogP contribution in [0.5, 0.6) is 5.75 Å². The van der Waals surface area contributed by atoms with Crippen molar-refractivity contribution in [1.82, 2.24) is 4.98 Å². The lowest BCUT2D eigenvalue weighted by atomic mass is 9.99. The maximum absolute atomic E-state index is 13.4. The molecule has 0 radical (unpaired) electrons. The van der Waals surface area contributed by atoms with Gasteiger partial charge in [-0.2, -0.15) is 8.78 Å². The van der Waals surface area contributed by atoms with Crippen LogP contribution in [0.1, 0.15) is 28.0 Å². The molecular formula is C21H18F2N2O2. The van der Waals surface area contributed by atoms with E-state index in [9.17, 15) is 13.6 Å². The first-order valence-corrected chi connectivity index (χ1v) is 8.79. The van der Waals surface area contributed by atoms with Gasteiger partial charge in [0.1, 0.15) is 5.75 Å². The largest absolute Gasteiger partial charge is 0.433 e. The third-order valence-corrected chi connectivity index (χ3v) is 4.72. The average Bonchev–Trinajstić information content (AvgIpc) is 2.66. The summed E-state index contributed by atoms with van der Waals surface area (Å²) in [6.45, 7) is -0.663. The maximum Gasteiger partial charge on any atom is 0.387 e. The molecule has 0 aliphatic carbocycles. The SMILES string of the molecule is Cc1cc(C(=O)N2CCCc3cccc(OC(F)F)c32)c2ccccc2n1. The van der Waals surface area contributed by atoms with Crippen LogP contribution in [-0.2, 0) is 6.42 Å². The first-order valence-electron chi connectivity index (χ1n) is 8.79. The van der Waals surface area contributed by atoms with Gasteiger partial charge in [0.05, 0.1) is 16.8 Å². The molecule has 0 bridgehead atoms. The van der Waals surface area contributed by atoms with Crippen LogP contribution in [0.4, 0.5) is 14.5 Å². The summed E-state index contributed by atoms with van der Waals surface area (Å²) in [6, 6.07) is 14.2. The molecule has 2 heterocycles. The minimum Gasteiger partial charge on any atom is -0.433 e. The van der Waals surface area contributed by atoms with Crippen molar-refractivity contribution in [3.05, 3.63) is 65.4 Å². The number of halogens is 2. The van der Waals surface area contributed by atoms with Gasteiger partial charge in [-0.25, -0.2) is 0 Å². The highest BCUT2D eigenvalue weighted by atomic mass is 19.3. The average molecular weight is 368 g/mol. The summed E-state index contributed by atoms with van der Waals surface area (Å²) in [5.74, 6) is -0.200. The second-order valence-corrected chi connectivity index (χ2v) is 6.53. The minimum atomic E-state index is -2.95. The smallest absolute Gasteiger partial charge is 0.387 e. The van der Waals surface area contributed by atoms with Crippen LogP contribution in [-0.4, -0.2) is 24.0 Å². The Kier molecular flexibility index (Phi) is 4.48. The number of ether oxygens (including phenoxy) is 1. The Morgan fingerprint density at radius 3 is 2.81 bits per heavy atom. The summed E-state index contributed by atoms with van der Waals surface area (Å²) in [7, 11) is 0. The highest BCUT2D eigenvalue weighted by molar-refractivity contribution is 6.14. The number of benzene rings is 2. The number of nitrogens with zero attached hydrogens (tertiary/aromatic N) is 2. The van der Waals surface area contributed by atoms with Gasteiger partial charge in [0.2, 0.25) is 0 Å². The topological polar surface area (TPSA) is 42.4 Å². The summed E-state index contributed by atoms with van der Waals surface area (Å²) in [5.41, 5.74) is 3.25. The van der Waals surface area contributed by atoms with E-state index < -0.39 is 6.61 Å². The Balaban J connectivity index is 1.84. The summed E-state index contributed by atoms with van der Waals surface area (Å²) >= 11 is 0. The molecule has 138 valence electrons. The van der Waals surface area contributed by atoms with E-state index in [0.29, 0.717) is 17.8 Å². The normalized spacial score (nSPS) is 13.7. The van der Waals surface area contributed by atoms with Gasteiger partial charge in [-0.15, -0.1) is 0 Å². The van der Waals surface area contributed by atoms with Crippen LogP contribution >= 0.6 is 0 Å². The lowest BCUT2D eigenvalue weighted by Gasteiger charge is -2.31. The highest BCUT2D eigenvalue weighted by Crippen LogP contribution is 2.38. The van der Waals surface area contributed by atoms with Gasteiger partial charge in [0, 0.05) is 17.6 Å². The highest BCUT2D eigenvalue weighted by Gasteiger charge is 2.29. The summed E-state index contributed by atoms with van der Waals surface area (Å²) in [6.07, 6.45) is 1.48. The molecule has 1 aromatic heterocycles. The number of pyridine rings is 1. The van der Waals surface area contributed by atoms with Gasteiger partial charge in [-0.1, -0.05) is 30.3 Å². The molecule has 0 spiro atoms. The van der Waals surface area contributed by atoms with Crippen LogP contribution < -0.4 is 9.64 Å². The number of amides is 1. The number of fused-ring (bicyclic) bond motifs is 2. The van der Waals surface area contributed by atoms with Gasteiger partial charge >= 0.3 is 6.61 Å². The van der Waals surface area contributed by atoms with Crippen molar-refractivity contribution in [2.75, 3.05) is 11.4 Å². The van der Waals surface area contributed by atoms with Crippen molar-refractivity contribution in [3.8, 4) is 5.75 Å². The summed E-state index contributed by atoms with van der Waals surface area (Å²) < 4.78 is 30.4. The lowest BCUT2D eigenvalue weighted by molar-refractivity contribution is -0.0495. The molecule has 1 aliphatic heterocycles. The molecule has 2 aromatic carbocycles. The molecule has 3 aromatic rings. The number of hydrogen-bond acceptors (Lipinski definition) is 3. The number of carbonyl (C=O) groups excluding carboxylic acids is 1. The molecular weight excluding hydrogens is 350 g/mol. The number of rotatable bonds is 3. The van der Waals surface area contributed by atoms with E-state index in [4.69, 9.17) is 4.74 Å². The fourth-order valence-corrected chi connectivity index (χ4v) is 3.64. The van der Waals surface area contributed by atoms with Gasteiger partial charge in [-0.05, 0) is 43.5 Å². The number of aryl methyl sites for hydroxylation is 2. The Bertz CT molecular complexity index is 1020. The molecule has 0 atom stereocenters. The molecule has 1 amide bonds. The Morgan fingerprint density at radius 2 is 2.00 bits per heavy atom. The fourth-order valence-electron chi connectivity index (χ4n) is 3.64. The number of aromatic nitrogens is 1. The molecule has 27 heavy (non-hydrogen) atoms. The zero-order valence-electron chi connectivity index (χ0n) is 14.8. The van der Waals surface area contributed by atoms with Crippen molar-refractivity contribution in [1.29, 1.82) is 0 Å². The minimum absolute atomic E-state index is 0.0330. The number of alkyl halides is 2. The van der Waals surface area contributed by atoms with E-state index in [1.165, 1.54) is 6.07 Å². The Hall–Kier alpha value is -3.02. The third-order valence-electron chi connectivity index (χ3n) is 4.72. The second-order valence-electron chi connectivity index (χ2n) is 6.53. The number of hydrogen-bond donors (Lipinski definition) is 0. The standard InChI is InChI=1S/C21H18F2N2O2/c1-13-12-16(15-8-2-3-9-17(15)24-13)20(26)25-11-5-7-14-6-4-10-18(19(14)25)27-21(22)23/h2-4,6,8-10,12,21H,5,7,11H2,1H3. The predicted molar refractivity (Wildman–Crippen MR) is 99.6 cm³/mol. The number of anilines is 1. The molecule has 0 unspecified atom stereocenters. The van der Waals surface area contributed by atoms with E-state index in [1.54, 1.807) is 17.0 Å². The van der Waals surface area contributed by atoms with Crippen molar-refractivity contribution in [3.63, 3.8) is 0 Å². The van der Waals surface area contributed by atoms with Crippen molar-refractivity contribution in [2.45, 2.75) is 26.4 Å². The van der Waals surface area contributed by atoms with E-state index in [2.05, 4.69) is 4.98 Å². The molecule has 1 aliphatic rings. The first kappa shape index (κ1) is 17.4. The summed E-state index contributed by atoms with van der Waals surface area (Å²) in [4.78, 5) is 19.4. The van der Waals surface area contributed by atoms with Crippen LogP contribution in [0, 0.1) is 6.92 Å². The Morgan fingerprint density at radius 1 is 1.19 bits per heavy atom. The van der Waals surface area contributed by atoms with Crippen LogP contribution in [0.2, 0.25) is 0 Å². The van der Waals surface area contributed by atoms with E-state index in [1.807, 2.05) is 37.3 Å². The fraction of sp³-hybridized carbons (Fsp3) is 0.238. The van der Waals surface area contributed by atoms with Gasteiger partial charge in [0.25, 0.3) is 5.91 Å². The predicted octanol–water partition coefficient (Wildman–Crippen LogP) is 4.74. The van der Waals surface area contributed by atoms with Gasteiger partial charge < -0.3 is 9.64 Å². The van der Waals surface area contributed by atoms with Crippen molar-refractivity contribution < 1.29 is 18.3 Å². The van der Waals surface area contributed by atoms with Crippen molar-refractivity contribution in [2.24, 2.45) is 0 Å². The maximum atomic E-state index is 13.4. The van der Waals surface area contributed by atoms with E-state index >= 15 is 0 Å². The lowest BCUT2D eigenvalue weighted by Crippen LogP contribution is -2.36. The van der Waals surface area contributed by atoms with E-state index in [-0.39, 0.29) is 11.7 Å². The van der Waals surface area contributed by atoms with Crippen LogP contribution in [0.25, 0.3) is 10.9 Å². The van der Waals surface area contributed by atoms with Gasteiger partial charge in [-0.3, -0.25) is 9.78 Å². The Labute approximate surface area is 155 Å². The zero-order valence-corrected chi connectivity index (χ0v) is 14.8. The van der Waals surface area contributed by atoms with Crippen molar-refractivity contribution >= 4 is 22.5 Å². The molecule has 0 saturated carbocycles. The quantitative estimate of drug-likeness (QED) is 0.671. The number of carbonyl (C=O) groups is 1. The second kappa shape index (κ2) is 6.95. The molecule has 0 saturated heterocycles. The van der Waals surface area contributed by atoms with E-state index in [0.717, 1.165) is 35.0 Å².